The van der Waals surface area contributed by atoms with Crippen LogP contribution in [0.15, 0.2) is 24.8 Å². The third kappa shape index (κ3) is 2.15. The molecule has 3 N–H and O–H groups in total. The van der Waals surface area contributed by atoms with E-state index in [9.17, 15) is 5.11 Å². The molecule has 0 aromatic heterocycles. The summed E-state index contributed by atoms with van der Waals surface area (Å²) >= 11 is 0. The van der Waals surface area contributed by atoms with E-state index >= 15 is 0 Å². The molecule has 0 fully saturated rings. The van der Waals surface area contributed by atoms with Gasteiger partial charge in [0.2, 0.25) is 0 Å². The average Bonchev–Trinajstić information content (AvgIpc) is 2.13. The van der Waals surface area contributed by atoms with E-state index in [0.717, 1.165) is 23.1 Å². The lowest BCUT2D eigenvalue weighted by atomic mass is 9.99. The number of phenolic OH excluding ortho intramolecular Hbond substituents is 1. The second kappa shape index (κ2) is 4.29. The van der Waals surface area contributed by atoms with Gasteiger partial charge in [-0.25, -0.2) is 0 Å². The summed E-state index contributed by atoms with van der Waals surface area (Å²) in [5, 5.41) is 9.58. The van der Waals surface area contributed by atoms with Crippen molar-refractivity contribution in [2.24, 2.45) is 5.73 Å². The van der Waals surface area contributed by atoms with E-state index in [0.29, 0.717) is 5.75 Å². The third-order valence-corrected chi connectivity index (χ3v) is 2.36. The van der Waals surface area contributed by atoms with Crippen molar-refractivity contribution in [2.75, 3.05) is 0 Å². The van der Waals surface area contributed by atoms with Gasteiger partial charge in [-0.05, 0) is 37.0 Å². The van der Waals surface area contributed by atoms with Crippen LogP contribution in [0.4, 0.5) is 0 Å². The summed E-state index contributed by atoms with van der Waals surface area (Å²) in [5.74, 6) is 0.361. The van der Waals surface area contributed by atoms with Crippen molar-refractivity contribution in [1.82, 2.24) is 0 Å². The second-order valence-corrected chi connectivity index (χ2v) is 3.63. The van der Waals surface area contributed by atoms with Crippen molar-refractivity contribution >= 4 is 0 Å². The van der Waals surface area contributed by atoms with Crippen LogP contribution in [0.2, 0.25) is 0 Å². The van der Waals surface area contributed by atoms with E-state index in [1.165, 1.54) is 0 Å². The predicted molar refractivity (Wildman–Crippen MR) is 59.3 cm³/mol. The molecule has 0 saturated carbocycles. The van der Waals surface area contributed by atoms with E-state index in [2.05, 4.69) is 6.58 Å². The standard InChI is InChI=1S/C12H17NO/c1-4-5-11(13)10-6-8(2)12(14)9(3)7-10/h4,6-7,11,14H,1,5,13H2,2-3H3/t11-/m1/s1. The molecule has 0 bridgehead atoms. The van der Waals surface area contributed by atoms with Gasteiger partial charge in [0, 0.05) is 6.04 Å². The summed E-state index contributed by atoms with van der Waals surface area (Å²) in [7, 11) is 0. The van der Waals surface area contributed by atoms with Crippen molar-refractivity contribution in [3.63, 3.8) is 0 Å². The maximum Gasteiger partial charge on any atom is 0.121 e. The SMILES string of the molecule is C=CC[C@@H](N)c1cc(C)c(O)c(C)c1. The largest absolute Gasteiger partial charge is 0.507 e. The topological polar surface area (TPSA) is 46.2 Å². The lowest BCUT2D eigenvalue weighted by molar-refractivity contribution is 0.466. The van der Waals surface area contributed by atoms with Gasteiger partial charge in [-0.1, -0.05) is 18.2 Å². The predicted octanol–water partition coefficient (Wildman–Crippen LogP) is 2.58. The van der Waals surface area contributed by atoms with E-state index in [4.69, 9.17) is 5.73 Å². The summed E-state index contributed by atoms with van der Waals surface area (Å²) < 4.78 is 0. The van der Waals surface area contributed by atoms with Crippen LogP contribution in [-0.2, 0) is 0 Å². The van der Waals surface area contributed by atoms with Crippen molar-refractivity contribution in [3.8, 4) is 5.75 Å². The lowest BCUT2D eigenvalue weighted by Gasteiger charge is -2.13. The Morgan fingerprint density at radius 1 is 1.43 bits per heavy atom. The molecule has 0 spiro atoms. The first kappa shape index (κ1) is 10.8. The molecule has 1 aromatic rings. The minimum absolute atomic E-state index is 0.0227. The Bertz CT molecular complexity index is 321. The molecule has 1 aromatic carbocycles. The first-order valence-corrected chi connectivity index (χ1v) is 4.73. The van der Waals surface area contributed by atoms with Crippen molar-refractivity contribution < 1.29 is 5.11 Å². The van der Waals surface area contributed by atoms with Gasteiger partial charge in [-0.3, -0.25) is 0 Å². The van der Waals surface area contributed by atoms with Gasteiger partial charge in [0.1, 0.15) is 5.75 Å². The fraction of sp³-hybridized carbons (Fsp3) is 0.333. The monoisotopic (exact) mass is 191 g/mol. The first-order valence-electron chi connectivity index (χ1n) is 4.73. The second-order valence-electron chi connectivity index (χ2n) is 3.63. The Morgan fingerprint density at radius 2 is 1.93 bits per heavy atom. The number of nitrogens with two attached hydrogens (primary N) is 1. The van der Waals surface area contributed by atoms with Crippen molar-refractivity contribution in [2.45, 2.75) is 26.3 Å². The number of rotatable bonds is 3. The molecule has 0 aliphatic heterocycles. The zero-order valence-electron chi connectivity index (χ0n) is 8.75. The number of hydrogen-bond acceptors (Lipinski definition) is 2. The number of hydrogen-bond donors (Lipinski definition) is 2. The Kier molecular flexibility index (Phi) is 3.31. The van der Waals surface area contributed by atoms with E-state index in [1.54, 1.807) is 0 Å². The number of aryl methyl sites for hydroxylation is 2. The number of aromatic hydroxyl groups is 1. The molecule has 76 valence electrons. The Hall–Kier alpha value is -1.28. The summed E-state index contributed by atoms with van der Waals surface area (Å²) in [4.78, 5) is 0. The van der Waals surface area contributed by atoms with Crippen LogP contribution in [-0.4, -0.2) is 5.11 Å². The highest BCUT2D eigenvalue weighted by Gasteiger charge is 2.08. The van der Waals surface area contributed by atoms with Crippen molar-refractivity contribution in [1.29, 1.82) is 0 Å². The molecular weight excluding hydrogens is 174 g/mol. The summed E-state index contributed by atoms with van der Waals surface area (Å²) in [5.41, 5.74) is 8.74. The zero-order valence-corrected chi connectivity index (χ0v) is 8.75. The molecule has 1 atom stereocenters. The van der Waals surface area contributed by atoms with Gasteiger partial charge >= 0.3 is 0 Å². The van der Waals surface area contributed by atoms with Crippen LogP contribution in [0.3, 0.4) is 0 Å². The maximum absolute atomic E-state index is 9.58. The first-order chi connectivity index (χ1) is 6.56. The maximum atomic E-state index is 9.58. The molecule has 0 amide bonds. The molecule has 0 aliphatic carbocycles. The summed E-state index contributed by atoms with van der Waals surface area (Å²) in [6.45, 7) is 7.42. The molecular formula is C12H17NO. The Morgan fingerprint density at radius 3 is 2.36 bits per heavy atom. The van der Waals surface area contributed by atoms with Crippen LogP contribution < -0.4 is 5.73 Å². The molecule has 0 radical (unpaired) electrons. The molecule has 0 heterocycles. The lowest BCUT2D eigenvalue weighted by Crippen LogP contribution is -2.09. The van der Waals surface area contributed by atoms with Crippen LogP contribution in [0.1, 0.15) is 29.2 Å². The normalized spacial score (nSPS) is 12.5. The molecule has 2 heteroatoms. The quantitative estimate of drug-likeness (QED) is 0.721. The molecule has 0 aliphatic rings. The van der Waals surface area contributed by atoms with Crippen LogP contribution in [0.25, 0.3) is 0 Å². The summed E-state index contributed by atoms with van der Waals surface area (Å²) in [6.07, 6.45) is 2.56. The van der Waals surface area contributed by atoms with E-state index in [1.807, 2.05) is 32.1 Å². The van der Waals surface area contributed by atoms with Crippen LogP contribution >= 0.6 is 0 Å². The molecule has 0 saturated heterocycles. The van der Waals surface area contributed by atoms with Gasteiger partial charge in [-0.2, -0.15) is 0 Å². The molecule has 1 rings (SSSR count). The smallest absolute Gasteiger partial charge is 0.121 e. The zero-order chi connectivity index (χ0) is 10.7. The average molecular weight is 191 g/mol. The fourth-order valence-corrected chi connectivity index (χ4v) is 1.52. The number of benzene rings is 1. The van der Waals surface area contributed by atoms with Gasteiger partial charge < -0.3 is 10.8 Å². The van der Waals surface area contributed by atoms with Crippen molar-refractivity contribution in [3.05, 3.63) is 41.5 Å². The molecule has 2 nitrogen and oxygen atoms in total. The fourth-order valence-electron chi connectivity index (χ4n) is 1.52. The highest BCUT2D eigenvalue weighted by molar-refractivity contribution is 5.43. The molecule has 0 unspecified atom stereocenters. The van der Waals surface area contributed by atoms with E-state index in [-0.39, 0.29) is 6.04 Å². The highest BCUT2D eigenvalue weighted by Crippen LogP contribution is 2.26. The van der Waals surface area contributed by atoms with Gasteiger partial charge in [0.15, 0.2) is 0 Å². The van der Waals surface area contributed by atoms with Crippen LogP contribution in [0, 0.1) is 13.8 Å². The third-order valence-electron chi connectivity index (χ3n) is 2.36. The Balaban J connectivity index is 3.05. The minimum Gasteiger partial charge on any atom is -0.507 e. The summed E-state index contributed by atoms with van der Waals surface area (Å²) in [6, 6.07) is 3.83. The highest BCUT2D eigenvalue weighted by atomic mass is 16.3. The molecule has 14 heavy (non-hydrogen) atoms. The van der Waals surface area contributed by atoms with Gasteiger partial charge in [0.05, 0.1) is 0 Å². The van der Waals surface area contributed by atoms with Gasteiger partial charge in [0.25, 0.3) is 0 Å². The Labute approximate surface area is 85.1 Å². The van der Waals surface area contributed by atoms with Crippen LogP contribution in [0.5, 0.6) is 5.75 Å². The van der Waals surface area contributed by atoms with E-state index < -0.39 is 0 Å². The minimum atomic E-state index is -0.0227. The number of phenols is 1. The van der Waals surface area contributed by atoms with Gasteiger partial charge in [-0.15, -0.1) is 6.58 Å².